The molecule has 0 aliphatic carbocycles. The summed E-state index contributed by atoms with van der Waals surface area (Å²) in [4.78, 5) is 10.8. The molecule has 0 saturated heterocycles. The van der Waals surface area contributed by atoms with Crippen molar-refractivity contribution in [3.8, 4) is 0 Å². The smallest absolute Gasteiger partial charge is 0.307 e. The molecule has 4 heteroatoms. The molecule has 13 heavy (non-hydrogen) atoms. The van der Waals surface area contributed by atoms with Crippen LogP contribution in [0.2, 0.25) is 0 Å². The molecule has 0 spiro atoms. The maximum Gasteiger partial charge on any atom is 0.307 e. The monoisotopic (exact) mass is 182 g/mol. The van der Waals surface area contributed by atoms with Crippen molar-refractivity contribution in [2.24, 2.45) is 0 Å². The number of hydrogen-bond donors (Lipinski definition) is 0. The van der Waals surface area contributed by atoms with Gasteiger partial charge in [0.05, 0.1) is 26.3 Å². The maximum absolute atomic E-state index is 10.8. The van der Waals surface area contributed by atoms with Gasteiger partial charge in [-0.15, -0.1) is 0 Å². The average molecular weight is 182 g/mol. The molecule has 1 rings (SSSR count). The Morgan fingerprint density at radius 2 is 2.46 bits per heavy atom. The SMILES string of the molecule is CCc1cnn(CCC(=O)OC)c1. The maximum atomic E-state index is 10.8. The third kappa shape index (κ3) is 2.89. The first kappa shape index (κ1) is 9.77. The lowest BCUT2D eigenvalue weighted by Gasteiger charge is -1.99. The zero-order valence-electron chi connectivity index (χ0n) is 7.99. The summed E-state index contributed by atoms with van der Waals surface area (Å²) in [6.45, 7) is 2.66. The van der Waals surface area contributed by atoms with Gasteiger partial charge in [0.2, 0.25) is 0 Å². The number of carbonyl (C=O) groups excluding carboxylic acids is 1. The Labute approximate surface area is 77.5 Å². The molecule has 4 nitrogen and oxygen atoms in total. The summed E-state index contributed by atoms with van der Waals surface area (Å²) in [5, 5.41) is 4.10. The lowest BCUT2D eigenvalue weighted by molar-refractivity contribution is -0.140. The Kier molecular flexibility index (Phi) is 3.49. The lowest BCUT2D eigenvalue weighted by atomic mass is 10.3. The summed E-state index contributed by atoms with van der Waals surface area (Å²) < 4.78 is 6.28. The summed E-state index contributed by atoms with van der Waals surface area (Å²) in [6.07, 6.45) is 5.11. The molecule has 0 radical (unpaired) electrons. The summed E-state index contributed by atoms with van der Waals surface area (Å²) in [5.74, 6) is -0.200. The summed E-state index contributed by atoms with van der Waals surface area (Å²) in [7, 11) is 1.39. The van der Waals surface area contributed by atoms with E-state index in [1.54, 1.807) is 4.68 Å². The molecule has 0 fully saturated rings. The number of carbonyl (C=O) groups is 1. The van der Waals surface area contributed by atoms with Gasteiger partial charge in [0.1, 0.15) is 0 Å². The molecule has 0 aliphatic rings. The van der Waals surface area contributed by atoms with Gasteiger partial charge in [0.25, 0.3) is 0 Å². The van der Waals surface area contributed by atoms with E-state index in [0.29, 0.717) is 13.0 Å². The minimum Gasteiger partial charge on any atom is -0.469 e. The van der Waals surface area contributed by atoms with Crippen LogP contribution >= 0.6 is 0 Å². The highest BCUT2D eigenvalue weighted by Crippen LogP contribution is 1.99. The number of ether oxygens (including phenoxy) is 1. The summed E-state index contributed by atoms with van der Waals surface area (Å²) in [6, 6.07) is 0. The van der Waals surface area contributed by atoms with Gasteiger partial charge in [-0.05, 0) is 12.0 Å². The van der Waals surface area contributed by atoms with Crippen LogP contribution in [0.15, 0.2) is 12.4 Å². The average Bonchev–Trinajstić information content (AvgIpc) is 2.61. The Bertz CT molecular complexity index is 281. The minimum absolute atomic E-state index is 0.200. The number of hydrogen-bond acceptors (Lipinski definition) is 3. The molecule has 0 bridgehead atoms. The Morgan fingerprint density at radius 1 is 1.69 bits per heavy atom. The minimum atomic E-state index is -0.200. The van der Waals surface area contributed by atoms with Crippen molar-refractivity contribution < 1.29 is 9.53 Å². The predicted octanol–water partition coefficient (Wildman–Crippen LogP) is 1.01. The highest BCUT2D eigenvalue weighted by atomic mass is 16.5. The molecule has 0 saturated carbocycles. The normalized spacial score (nSPS) is 10.0. The van der Waals surface area contributed by atoms with Crippen molar-refractivity contribution >= 4 is 5.97 Å². The van der Waals surface area contributed by atoms with Crippen molar-refractivity contribution in [2.45, 2.75) is 26.3 Å². The highest BCUT2D eigenvalue weighted by molar-refractivity contribution is 5.68. The van der Waals surface area contributed by atoms with E-state index in [0.717, 1.165) is 6.42 Å². The quantitative estimate of drug-likeness (QED) is 0.653. The van der Waals surface area contributed by atoms with Crippen molar-refractivity contribution in [3.05, 3.63) is 18.0 Å². The third-order valence-corrected chi connectivity index (χ3v) is 1.87. The van der Waals surface area contributed by atoms with Crippen molar-refractivity contribution in [1.29, 1.82) is 0 Å². The first-order valence-electron chi connectivity index (χ1n) is 4.34. The molecule has 72 valence electrons. The van der Waals surface area contributed by atoms with Crippen LogP contribution < -0.4 is 0 Å². The van der Waals surface area contributed by atoms with E-state index in [4.69, 9.17) is 0 Å². The van der Waals surface area contributed by atoms with Crippen LogP contribution in [-0.4, -0.2) is 22.9 Å². The van der Waals surface area contributed by atoms with Gasteiger partial charge in [-0.3, -0.25) is 9.48 Å². The number of nitrogens with zero attached hydrogens (tertiary/aromatic N) is 2. The Morgan fingerprint density at radius 3 is 3.00 bits per heavy atom. The molecule has 0 unspecified atom stereocenters. The molecule has 1 aromatic heterocycles. The topological polar surface area (TPSA) is 44.1 Å². The van der Waals surface area contributed by atoms with E-state index >= 15 is 0 Å². The number of esters is 1. The van der Waals surface area contributed by atoms with Gasteiger partial charge in [0, 0.05) is 6.20 Å². The zero-order chi connectivity index (χ0) is 9.68. The summed E-state index contributed by atoms with van der Waals surface area (Å²) >= 11 is 0. The van der Waals surface area contributed by atoms with Crippen LogP contribution in [-0.2, 0) is 22.5 Å². The lowest BCUT2D eigenvalue weighted by Crippen LogP contribution is -2.07. The second-order valence-electron chi connectivity index (χ2n) is 2.79. The van der Waals surface area contributed by atoms with E-state index in [1.165, 1.54) is 12.7 Å². The van der Waals surface area contributed by atoms with Crippen molar-refractivity contribution in [2.75, 3.05) is 7.11 Å². The Balaban J connectivity index is 2.41. The van der Waals surface area contributed by atoms with Crippen LogP contribution in [0.25, 0.3) is 0 Å². The van der Waals surface area contributed by atoms with Crippen molar-refractivity contribution in [1.82, 2.24) is 9.78 Å². The predicted molar refractivity (Wildman–Crippen MR) is 48.2 cm³/mol. The molecule has 0 amide bonds. The highest BCUT2D eigenvalue weighted by Gasteiger charge is 2.01. The van der Waals surface area contributed by atoms with Gasteiger partial charge in [-0.2, -0.15) is 5.10 Å². The van der Waals surface area contributed by atoms with Gasteiger partial charge in [0.15, 0.2) is 0 Å². The van der Waals surface area contributed by atoms with E-state index in [9.17, 15) is 4.79 Å². The fourth-order valence-electron chi connectivity index (χ4n) is 1.02. The van der Waals surface area contributed by atoms with Crippen molar-refractivity contribution in [3.63, 3.8) is 0 Å². The van der Waals surface area contributed by atoms with Crippen LogP contribution in [0.4, 0.5) is 0 Å². The largest absolute Gasteiger partial charge is 0.469 e. The number of methoxy groups -OCH3 is 1. The first-order chi connectivity index (χ1) is 6.26. The van der Waals surface area contributed by atoms with E-state index in [1.807, 2.05) is 12.4 Å². The molecule has 0 aliphatic heterocycles. The molecular formula is C9H14N2O2. The van der Waals surface area contributed by atoms with Crippen LogP contribution in [0.5, 0.6) is 0 Å². The molecule has 0 N–H and O–H groups in total. The van der Waals surface area contributed by atoms with E-state index in [2.05, 4.69) is 16.8 Å². The van der Waals surface area contributed by atoms with Gasteiger partial charge >= 0.3 is 5.97 Å². The molecule has 1 aromatic rings. The van der Waals surface area contributed by atoms with Gasteiger partial charge in [-0.1, -0.05) is 6.92 Å². The van der Waals surface area contributed by atoms with Crippen LogP contribution in [0.3, 0.4) is 0 Å². The fourth-order valence-corrected chi connectivity index (χ4v) is 1.02. The fraction of sp³-hybridized carbons (Fsp3) is 0.556. The first-order valence-corrected chi connectivity index (χ1v) is 4.34. The van der Waals surface area contributed by atoms with E-state index in [-0.39, 0.29) is 5.97 Å². The van der Waals surface area contributed by atoms with Crippen LogP contribution in [0.1, 0.15) is 18.9 Å². The molecule has 0 aromatic carbocycles. The van der Waals surface area contributed by atoms with Crippen LogP contribution in [0, 0.1) is 0 Å². The molecule has 0 atom stereocenters. The number of rotatable bonds is 4. The summed E-state index contributed by atoms with van der Waals surface area (Å²) in [5.41, 5.74) is 1.19. The molecular weight excluding hydrogens is 168 g/mol. The third-order valence-electron chi connectivity index (χ3n) is 1.87. The van der Waals surface area contributed by atoms with E-state index < -0.39 is 0 Å². The van der Waals surface area contributed by atoms with Gasteiger partial charge < -0.3 is 4.74 Å². The zero-order valence-corrected chi connectivity index (χ0v) is 7.99. The Hall–Kier alpha value is -1.32. The van der Waals surface area contributed by atoms with Gasteiger partial charge in [-0.25, -0.2) is 0 Å². The number of aryl methyl sites for hydroxylation is 2. The second-order valence-corrected chi connectivity index (χ2v) is 2.79. The molecule has 1 heterocycles. The number of aromatic nitrogens is 2. The standard InChI is InChI=1S/C9H14N2O2/c1-3-8-6-10-11(7-8)5-4-9(12)13-2/h6-7H,3-5H2,1-2H3. The second kappa shape index (κ2) is 4.64.